The lowest BCUT2D eigenvalue weighted by Crippen LogP contribution is -2.37. The molecule has 0 aliphatic rings. The molecule has 45 heavy (non-hydrogen) atoms. The van der Waals surface area contributed by atoms with Crippen LogP contribution in [0.3, 0.4) is 0 Å². The minimum atomic E-state index is 1.23. The van der Waals surface area contributed by atoms with E-state index in [4.69, 9.17) is 0 Å². The van der Waals surface area contributed by atoms with Gasteiger partial charge in [-0.2, -0.15) is 0 Å². The van der Waals surface area contributed by atoms with Crippen molar-refractivity contribution in [2.75, 3.05) is 0 Å². The Labute approximate surface area is 285 Å². The first kappa shape index (κ1) is 42.2. The summed E-state index contributed by atoms with van der Waals surface area (Å²) in [6, 6.07) is 0. The van der Waals surface area contributed by atoms with Crippen molar-refractivity contribution in [3.05, 3.63) is 18.2 Å². The van der Waals surface area contributed by atoms with Crippen LogP contribution in [0.4, 0.5) is 0 Å². The van der Waals surface area contributed by atoms with Crippen molar-refractivity contribution in [1.29, 1.82) is 0 Å². The Kier molecular flexibility index (Phi) is 32.4. The van der Waals surface area contributed by atoms with E-state index in [2.05, 4.69) is 42.3 Å². The molecule has 0 N–H and O–H groups in total. The van der Waals surface area contributed by atoms with Crippen LogP contribution in [0.1, 0.15) is 245 Å². The van der Waals surface area contributed by atoms with Crippen molar-refractivity contribution >= 4 is 0 Å². The summed E-state index contributed by atoms with van der Waals surface area (Å²) < 4.78 is 5.28. The third-order valence-electron chi connectivity index (χ3n) is 10.3. The SMILES string of the molecule is CCCCCCCCCCCCCCCCCC[n+]1ccn(CCCCCCCCCC)c1CCCCCCCCCCCC. The quantitative estimate of drug-likeness (QED) is 0.0511. The maximum absolute atomic E-state index is 2.64. The number of rotatable bonds is 37. The molecule has 2 nitrogen and oxygen atoms in total. The molecule has 1 aromatic rings. The lowest BCUT2D eigenvalue weighted by atomic mass is 10.0. The molecule has 0 aliphatic carbocycles. The molecule has 0 unspecified atom stereocenters. The zero-order valence-corrected chi connectivity index (χ0v) is 31.7. The summed E-state index contributed by atoms with van der Waals surface area (Å²) in [6.07, 6.45) is 54.9. The highest BCUT2D eigenvalue weighted by molar-refractivity contribution is 4.84. The van der Waals surface area contributed by atoms with E-state index in [1.807, 2.05) is 0 Å². The van der Waals surface area contributed by atoms with Crippen molar-refractivity contribution in [1.82, 2.24) is 4.57 Å². The molecule has 266 valence electrons. The Bertz CT molecular complexity index is 692. The van der Waals surface area contributed by atoms with Crippen molar-refractivity contribution in [2.24, 2.45) is 0 Å². The molecular formula is C43H85N2+. The van der Waals surface area contributed by atoms with E-state index in [9.17, 15) is 0 Å². The predicted octanol–water partition coefficient (Wildman–Crippen LogP) is 14.6. The molecule has 1 rings (SSSR count). The highest BCUT2D eigenvalue weighted by Crippen LogP contribution is 2.16. The van der Waals surface area contributed by atoms with Crippen molar-refractivity contribution in [2.45, 2.75) is 259 Å². The van der Waals surface area contributed by atoms with Gasteiger partial charge in [0.05, 0.1) is 13.1 Å². The zero-order chi connectivity index (χ0) is 32.3. The van der Waals surface area contributed by atoms with Crippen LogP contribution in [0.15, 0.2) is 12.4 Å². The molecule has 0 atom stereocenters. The molecule has 0 spiro atoms. The summed E-state index contributed by atoms with van der Waals surface area (Å²) in [4.78, 5) is 0. The molecule has 0 amide bonds. The molecule has 1 heterocycles. The Morgan fingerprint density at radius 1 is 0.378 bits per heavy atom. The van der Waals surface area contributed by atoms with Crippen LogP contribution in [0.25, 0.3) is 0 Å². The van der Waals surface area contributed by atoms with Crippen LogP contribution in [-0.4, -0.2) is 4.57 Å². The highest BCUT2D eigenvalue weighted by Gasteiger charge is 2.16. The molecule has 0 fully saturated rings. The van der Waals surface area contributed by atoms with Gasteiger partial charge in [0.1, 0.15) is 12.4 Å². The molecule has 2 heteroatoms. The first-order chi connectivity index (χ1) is 22.3. The molecular weight excluding hydrogens is 544 g/mol. The molecule has 0 radical (unpaired) electrons. The monoisotopic (exact) mass is 630 g/mol. The molecule has 0 saturated heterocycles. The lowest BCUT2D eigenvalue weighted by Gasteiger charge is -2.07. The molecule has 0 saturated carbocycles. The topological polar surface area (TPSA) is 8.81 Å². The predicted molar refractivity (Wildman–Crippen MR) is 202 cm³/mol. The van der Waals surface area contributed by atoms with Crippen molar-refractivity contribution < 1.29 is 4.57 Å². The molecule has 0 aromatic carbocycles. The standard InChI is InChI=1S/C43H85N2/c1-4-7-10-13-16-19-21-22-23-24-25-26-28-31-34-37-40-45-42-41-44(39-36-33-30-18-15-12-9-6-3)43(45)38-35-32-29-27-20-17-14-11-8-5-2/h41-42H,4-40H2,1-3H3/q+1. The van der Waals surface area contributed by atoms with Crippen LogP contribution >= 0.6 is 0 Å². The Hall–Kier alpha value is -0.790. The van der Waals surface area contributed by atoms with E-state index in [1.165, 1.54) is 238 Å². The maximum atomic E-state index is 2.64. The average molecular weight is 630 g/mol. The second-order valence-corrected chi connectivity index (χ2v) is 14.8. The van der Waals surface area contributed by atoms with Gasteiger partial charge >= 0.3 is 0 Å². The summed E-state index contributed by atoms with van der Waals surface area (Å²) in [7, 11) is 0. The van der Waals surface area contributed by atoms with Gasteiger partial charge in [0.2, 0.25) is 0 Å². The summed E-state index contributed by atoms with van der Waals surface area (Å²) in [6.45, 7) is 9.41. The fraction of sp³-hybridized carbons (Fsp3) is 0.930. The second-order valence-electron chi connectivity index (χ2n) is 14.8. The Morgan fingerprint density at radius 2 is 0.689 bits per heavy atom. The summed E-state index contributed by atoms with van der Waals surface area (Å²) in [5.74, 6) is 1.62. The van der Waals surface area contributed by atoms with E-state index < -0.39 is 0 Å². The number of unbranched alkanes of at least 4 members (excludes halogenated alkanes) is 31. The van der Waals surface area contributed by atoms with Crippen LogP contribution < -0.4 is 4.57 Å². The van der Waals surface area contributed by atoms with Gasteiger partial charge in [0, 0.05) is 6.42 Å². The van der Waals surface area contributed by atoms with Gasteiger partial charge in [-0.3, -0.25) is 0 Å². The fourth-order valence-corrected chi connectivity index (χ4v) is 7.21. The summed E-state index contributed by atoms with van der Waals surface area (Å²) >= 11 is 0. The molecule has 0 aliphatic heterocycles. The van der Waals surface area contributed by atoms with Gasteiger partial charge in [-0.15, -0.1) is 0 Å². The van der Waals surface area contributed by atoms with Gasteiger partial charge in [-0.1, -0.05) is 207 Å². The van der Waals surface area contributed by atoms with E-state index >= 15 is 0 Å². The average Bonchev–Trinajstić information content (AvgIpc) is 3.43. The van der Waals surface area contributed by atoms with Crippen LogP contribution in [0.5, 0.6) is 0 Å². The first-order valence-corrected chi connectivity index (χ1v) is 21.4. The highest BCUT2D eigenvalue weighted by atomic mass is 15.1. The van der Waals surface area contributed by atoms with Gasteiger partial charge in [-0.05, 0) is 32.1 Å². The molecule has 1 aromatic heterocycles. The lowest BCUT2D eigenvalue weighted by molar-refractivity contribution is -0.704. The van der Waals surface area contributed by atoms with E-state index in [0.717, 1.165) is 0 Å². The van der Waals surface area contributed by atoms with Crippen molar-refractivity contribution in [3.63, 3.8) is 0 Å². The van der Waals surface area contributed by atoms with Gasteiger partial charge in [0.15, 0.2) is 0 Å². The minimum Gasteiger partial charge on any atom is -0.234 e. The number of aryl methyl sites for hydroxylation is 2. The largest absolute Gasteiger partial charge is 0.256 e. The van der Waals surface area contributed by atoms with E-state index in [0.29, 0.717) is 0 Å². The number of hydrogen-bond donors (Lipinski definition) is 0. The van der Waals surface area contributed by atoms with Crippen LogP contribution in [0, 0.1) is 0 Å². The number of nitrogens with zero attached hydrogens (tertiary/aromatic N) is 2. The number of hydrogen-bond acceptors (Lipinski definition) is 0. The fourth-order valence-electron chi connectivity index (χ4n) is 7.21. The third-order valence-corrected chi connectivity index (χ3v) is 10.3. The number of aromatic nitrogens is 2. The Morgan fingerprint density at radius 3 is 1.07 bits per heavy atom. The smallest absolute Gasteiger partial charge is 0.234 e. The third kappa shape index (κ3) is 26.9. The van der Waals surface area contributed by atoms with E-state index in [-0.39, 0.29) is 0 Å². The minimum absolute atomic E-state index is 1.23. The normalized spacial score (nSPS) is 11.6. The second kappa shape index (κ2) is 34.5. The first-order valence-electron chi connectivity index (χ1n) is 21.4. The summed E-state index contributed by atoms with van der Waals surface area (Å²) in [5.41, 5.74) is 0. The van der Waals surface area contributed by atoms with Gasteiger partial charge in [0.25, 0.3) is 5.82 Å². The zero-order valence-electron chi connectivity index (χ0n) is 31.7. The Balaban J connectivity index is 2.23. The summed E-state index contributed by atoms with van der Waals surface area (Å²) in [5, 5.41) is 0. The van der Waals surface area contributed by atoms with Crippen LogP contribution in [0.2, 0.25) is 0 Å². The molecule has 0 bridgehead atoms. The maximum Gasteiger partial charge on any atom is 0.256 e. The van der Waals surface area contributed by atoms with Crippen LogP contribution in [-0.2, 0) is 19.5 Å². The number of imidazole rings is 1. The van der Waals surface area contributed by atoms with Gasteiger partial charge in [-0.25, -0.2) is 9.13 Å². The van der Waals surface area contributed by atoms with Gasteiger partial charge < -0.3 is 0 Å². The van der Waals surface area contributed by atoms with Crippen molar-refractivity contribution in [3.8, 4) is 0 Å². The van der Waals surface area contributed by atoms with E-state index in [1.54, 1.807) is 5.82 Å².